The maximum Gasteiger partial charge on any atom is 0.0917 e. The topological polar surface area (TPSA) is 3.24 Å². The fraction of sp³-hybridized carbons (Fsp3) is 0.857. The molecule has 94 valence electrons. The average Bonchev–Trinajstić information content (AvgIpc) is 2.71. The van der Waals surface area contributed by atoms with Gasteiger partial charge in [-0.3, -0.25) is 0 Å². The largest absolute Gasteiger partial charge is 0.306 e. The van der Waals surface area contributed by atoms with Gasteiger partial charge in [0.1, 0.15) is 0 Å². The first kappa shape index (κ1) is 14.0. The molecule has 0 aromatic rings. The predicted molar refractivity (Wildman–Crippen MR) is 76.4 cm³/mol. The Hall–Kier alpha value is -0.0831. The second-order valence-corrected chi connectivity index (χ2v) is 9.72. The molecule has 1 fully saturated rings. The summed E-state index contributed by atoms with van der Waals surface area (Å²) in [5.41, 5.74) is 2.62. The monoisotopic (exact) mass is 239 g/mol. The van der Waals surface area contributed by atoms with Gasteiger partial charge in [-0.05, 0) is 39.0 Å². The van der Waals surface area contributed by atoms with E-state index in [1.807, 2.05) is 0 Å². The minimum absolute atomic E-state index is 1.12. The molecule has 0 N–H and O–H groups in total. The molecule has 2 heteroatoms. The molecule has 0 aromatic heterocycles. The molecule has 1 saturated heterocycles. The smallest absolute Gasteiger partial charge is 0.0917 e. The van der Waals surface area contributed by atoms with Crippen molar-refractivity contribution in [1.29, 1.82) is 0 Å². The molecule has 0 amide bonds. The van der Waals surface area contributed by atoms with E-state index in [1.54, 1.807) is 0 Å². The fourth-order valence-corrected chi connectivity index (χ4v) is 8.15. The number of hydrogen-bond acceptors (Lipinski definition) is 1. The molecule has 0 aliphatic carbocycles. The molecule has 1 aliphatic rings. The Kier molecular flexibility index (Phi) is 6.36. The van der Waals surface area contributed by atoms with Crippen molar-refractivity contribution >= 4 is 8.07 Å². The summed E-state index contributed by atoms with van der Waals surface area (Å²) in [6.07, 6.45) is 9.35. The molecule has 0 saturated carbocycles. The molecule has 0 spiro atoms. The van der Waals surface area contributed by atoms with Crippen molar-refractivity contribution in [2.24, 2.45) is 0 Å². The van der Waals surface area contributed by atoms with Gasteiger partial charge in [0.25, 0.3) is 0 Å². The van der Waals surface area contributed by atoms with E-state index >= 15 is 0 Å². The van der Waals surface area contributed by atoms with E-state index in [9.17, 15) is 0 Å². The fourth-order valence-electron chi connectivity index (χ4n) is 3.24. The highest BCUT2D eigenvalue weighted by molar-refractivity contribution is 6.84. The molecular weight excluding hydrogens is 210 g/mol. The molecule has 16 heavy (non-hydrogen) atoms. The zero-order chi connectivity index (χ0) is 11.9. The second kappa shape index (κ2) is 7.28. The maximum atomic E-state index is 2.73. The number of allylic oxidation sites excluding steroid dienone is 1. The van der Waals surface area contributed by atoms with Crippen molar-refractivity contribution in [2.75, 3.05) is 19.3 Å². The molecule has 0 atom stereocenters. The Morgan fingerprint density at radius 1 is 1.06 bits per heavy atom. The van der Waals surface area contributed by atoms with Crippen molar-refractivity contribution in [3.05, 3.63) is 11.8 Å². The van der Waals surface area contributed by atoms with Gasteiger partial charge < -0.3 is 4.90 Å². The van der Waals surface area contributed by atoms with Gasteiger partial charge in [-0.15, -0.1) is 0 Å². The molecule has 0 aromatic carbocycles. The quantitative estimate of drug-likeness (QED) is 0.607. The van der Waals surface area contributed by atoms with E-state index in [1.165, 1.54) is 57.0 Å². The highest BCUT2D eigenvalue weighted by atomic mass is 28.3. The molecule has 1 aliphatic heterocycles. The minimum atomic E-state index is -1.12. The lowest BCUT2D eigenvalue weighted by Crippen LogP contribution is -2.45. The predicted octanol–water partition coefficient (Wildman–Crippen LogP) is 4.01. The Balaban J connectivity index is 2.64. The summed E-state index contributed by atoms with van der Waals surface area (Å²) in [5, 5.41) is 0. The summed E-state index contributed by atoms with van der Waals surface area (Å²) in [5.74, 6) is 0. The van der Waals surface area contributed by atoms with Gasteiger partial charge in [0.15, 0.2) is 0 Å². The van der Waals surface area contributed by atoms with Crippen LogP contribution in [0.1, 0.15) is 46.5 Å². The normalized spacial score (nSPS) is 18.7. The Labute approximate surface area is 103 Å². The van der Waals surface area contributed by atoms with Gasteiger partial charge in [0.2, 0.25) is 0 Å². The summed E-state index contributed by atoms with van der Waals surface area (Å²) in [6, 6.07) is 2.98. The Morgan fingerprint density at radius 3 is 2.06 bits per heavy atom. The average molecular weight is 239 g/mol. The van der Waals surface area contributed by atoms with Gasteiger partial charge in [-0.1, -0.05) is 50.6 Å². The van der Waals surface area contributed by atoms with E-state index < -0.39 is 8.07 Å². The summed E-state index contributed by atoms with van der Waals surface area (Å²) >= 11 is 0. The molecule has 0 bridgehead atoms. The minimum Gasteiger partial charge on any atom is -0.306 e. The van der Waals surface area contributed by atoms with Crippen molar-refractivity contribution in [3.8, 4) is 0 Å². The van der Waals surface area contributed by atoms with Crippen LogP contribution in [0.25, 0.3) is 0 Å². The number of nitrogens with zero attached hydrogens (tertiary/aromatic N) is 1. The molecule has 1 nitrogen and oxygen atoms in total. The number of rotatable bonds is 7. The lowest BCUT2D eigenvalue weighted by molar-refractivity contribution is 0.387. The maximum absolute atomic E-state index is 2.73. The van der Waals surface area contributed by atoms with E-state index in [0.29, 0.717) is 0 Å². The van der Waals surface area contributed by atoms with E-state index in [-0.39, 0.29) is 0 Å². The third kappa shape index (κ3) is 4.06. The van der Waals surface area contributed by atoms with Crippen LogP contribution in [0.15, 0.2) is 11.8 Å². The van der Waals surface area contributed by atoms with E-state index in [4.69, 9.17) is 0 Å². The van der Waals surface area contributed by atoms with Crippen LogP contribution in [-0.2, 0) is 0 Å². The third-order valence-electron chi connectivity index (χ3n) is 3.75. The molecule has 0 unspecified atom stereocenters. The molecule has 1 rings (SSSR count). The zero-order valence-corrected chi connectivity index (χ0v) is 12.5. The van der Waals surface area contributed by atoms with Crippen molar-refractivity contribution in [2.45, 2.75) is 58.5 Å². The Bertz CT molecular complexity index is 201. The van der Waals surface area contributed by atoms with Crippen LogP contribution in [0.5, 0.6) is 0 Å². The number of hydrogen-bond donors (Lipinski definition) is 0. The van der Waals surface area contributed by atoms with Crippen molar-refractivity contribution in [1.82, 2.24) is 4.90 Å². The number of likely N-dealkylation sites (tertiary alicyclic amines) is 1. The van der Waals surface area contributed by atoms with Gasteiger partial charge in [-0.25, -0.2) is 0 Å². The highest BCUT2D eigenvalue weighted by Gasteiger charge is 2.31. The van der Waals surface area contributed by atoms with Crippen LogP contribution < -0.4 is 0 Å². The van der Waals surface area contributed by atoms with E-state index in [2.05, 4.69) is 37.4 Å². The van der Waals surface area contributed by atoms with Crippen molar-refractivity contribution in [3.63, 3.8) is 0 Å². The summed E-state index contributed by atoms with van der Waals surface area (Å²) in [6.45, 7) is 9.63. The SMILES string of the molecule is CC=C[Si](CCC)(CCC)CN1CCCC1. The summed E-state index contributed by atoms with van der Waals surface area (Å²) < 4.78 is 0. The summed E-state index contributed by atoms with van der Waals surface area (Å²) in [7, 11) is -1.12. The van der Waals surface area contributed by atoms with Gasteiger partial charge in [-0.2, -0.15) is 0 Å². The van der Waals surface area contributed by atoms with Crippen LogP contribution >= 0.6 is 0 Å². The lowest BCUT2D eigenvalue weighted by Gasteiger charge is -2.32. The van der Waals surface area contributed by atoms with Gasteiger partial charge in [0, 0.05) is 0 Å². The summed E-state index contributed by atoms with van der Waals surface area (Å²) in [4.78, 5) is 2.73. The molecular formula is C14H29NSi. The lowest BCUT2D eigenvalue weighted by atomic mass is 10.4. The third-order valence-corrected chi connectivity index (χ3v) is 8.86. The second-order valence-electron chi connectivity index (χ2n) is 5.35. The first-order chi connectivity index (χ1) is 7.76. The van der Waals surface area contributed by atoms with Crippen LogP contribution in [-0.4, -0.2) is 32.2 Å². The van der Waals surface area contributed by atoms with Crippen LogP contribution in [0.3, 0.4) is 0 Å². The van der Waals surface area contributed by atoms with Crippen LogP contribution in [0, 0.1) is 0 Å². The highest BCUT2D eigenvalue weighted by Crippen LogP contribution is 2.24. The molecule has 0 radical (unpaired) electrons. The van der Waals surface area contributed by atoms with Gasteiger partial charge in [0.05, 0.1) is 8.07 Å². The Morgan fingerprint density at radius 2 is 1.62 bits per heavy atom. The first-order valence-electron chi connectivity index (χ1n) is 7.12. The molecule has 1 heterocycles. The first-order valence-corrected chi connectivity index (χ1v) is 9.82. The standard InChI is InChI=1S/C14H29NSi/c1-4-11-16(12-5-2,13-6-3)14-15-9-7-8-10-15/h4,11H,5-10,12-14H2,1-3H3. The van der Waals surface area contributed by atoms with Crippen molar-refractivity contribution < 1.29 is 0 Å². The van der Waals surface area contributed by atoms with Crippen LogP contribution in [0.2, 0.25) is 12.1 Å². The zero-order valence-electron chi connectivity index (χ0n) is 11.5. The van der Waals surface area contributed by atoms with Gasteiger partial charge >= 0.3 is 0 Å². The van der Waals surface area contributed by atoms with Crippen LogP contribution in [0.4, 0.5) is 0 Å². The van der Waals surface area contributed by atoms with E-state index in [0.717, 1.165) is 0 Å².